The molecule has 0 spiro atoms. The first kappa shape index (κ1) is 15.4. The molecule has 1 rings (SSSR count). The second-order valence-corrected chi connectivity index (χ2v) is 6.71. The Morgan fingerprint density at radius 2 is 1.89 bits per heavy atom. The molecule has 0 N–H and O–H groups in total. The maximum Gasteiger partial charge on any atom is 0.309 e. The highest BCUT2D eigenvalue weighted by atomic mass is 32.2. The van der Waals surface area contributed by atoms with Crippen molar-refractivity contribution in [3.8, 4) is 0 Å². The maximum atomic E-state index is 12.2. The van der Waals surface area contributed by atoms with Crippen molar-refractivity contribution in [2.45, 2.75) is 26.2 Å². The minimum Gasteiger partial charge on any atom is -0.469 e. The average molecular weight is 278 g/mol. The number of methoxy groups -OCH3 is 1. The predicted molar refractivity (Wildman–Crippen MR) is 68.2 cm³/mol. The third-order valence-electron chi connectivity index (χ3n) is 3.17. The smallest absolute Gasteiger partial charge is 0.309 e. The summed E-state index contributed by atoms with van der Waals surface area (Å²) in [4.78, 5) is 11.3. The van der Waals surface area contributed by atoms with Gasteiger partial charge in [-0.1, -0.05) is 13.3 Å². The summed E-state index contributed by atoms with van der Waals surface area (Å²) in [6.45, 7) is 2.94. The van der Waals surface area contributed by atoms with Crippen molar-refractivity contribution in [2.75, 3.05) is 33.8 Å². The van der Waals surface area contributed by atoms with Crippen LogP contribution in [0.5, 0.6) is 0 Å². The van der Waals surface area contributed by atoms with Crippen LogP contribution >= 0.6 is 0 Å². The van der Waals surface area contributed by atoms with E-state index in [1.807, 2.05) is 0 Å². The standard InChI is InChI=1S/C11H22N2O4S/c1-10(11(14)17-3)9-12(2)18(15,16)13-7-5-4-6-8-13/h10H,4-9H2,1-3H3. The number of ether oxygens (including phenoxy) is 1. The lowest BCUT2D eigenvalue weighted by atomic mass is 10.2. The maximum absolute atomic E-state index is 12.2. The molecule has 0 amide bonds. The van der Waals surface area contributed by atoms with Gasteiger partial charge in [-0.2, -0.15) is 17.0 Å². The van der Waals surface area contributed by atoms with Crippen LogP contribution in [0.25, 0.3) is 0 Å². The summed E-state index contributed by atoms with van der Waals surface area (Å²) in [5.41, 5.74) is 0. The van der Waals surface area contributed by atoms with Gasteiger partial charge in [0.15, 0.2) is 0 Å². The van der Waals surface area contributed by atoms with Gasteiger partial charge in [0.25, 0.3) is 10.2 Å². The Bertz CT molecular complexity index is 377. The van der Waals surface area contributed by atoms with Gasteiger partial charge >= 0.3 is 5.97 Å². The lowest BCUT2D eigenvalue weighted by molar-refractivity contribution is -0.145. The molecule has 0 saturated carbocycles. The zero-order valence-electron chi connectivity index (χ0n) is 11.3. The second-order valence-electron chi connectivity index (χ2n) is 4.67. The number of hydrogen-bond acceptors (Lipinski definition) is 4. The molecular weight excluding hydrogens is 256 g/mol. The van der Waals surface area contributed by atoms with E-state index < -0.39 is 22.1 Å². The van der Waals surface area contributed by atoms with Gasteiger partial charge < -0.3 is 4.74 Å². The molecule has 0 aromatic rings. The summed E-state index contributed by atoms with van der Waals surface area (Å²) >= 11 is 0. The van der Waals surface area contributed by atoms with Crippen LogP contribution < -0.4 is 0 Å². The van der Waals surface area contributed by atoms with E-state index in [0.29, 0.717) is 13.1 Å². The normalized spacial score (nSPS) is 19.8. The molecule has 1 fully saturated rings. The van der Waals surface area contributed by atoms with Crippen LogP contribution in [-0.2, 0) is 19.7 Å². The van der Waals surface area contributed by atoms with Crippen molar-refractivity contribution < 1.29 is 17.9 Å². The topological polar surface area (TPSA) is 66.9 Å². The van der Waals surface area contributed by atoms with Crippen LogP contribution in [0.1, 0.15) is 26.2 Å². The number of carbonyl (C=O) groups is 1. The average Bonchev–Trinajstić information content (AvgIpc) is 2.38. The molecule has 1 saturated heterocycles. The number of carbonyl (C=O) groups excluding carboxylic acids is 1. The third kappa shape index (κ3) is 3.66. The highest BCUT2D eigenvalue weighted by molar-refractivity contribution is 7.86. The van der Waals surface area contributed by atoms with E-state index in [2.05, 4.69) is 4.74 Å². The molecule has 0 aliphatic carbocycles. The zero-order chi connectivity index (χ0) is 13.8. The summed E-state index contributed by atoms with van der Waals surface area (Å²) in [7, 11) is -0.633. The molecule has 0 radical (unpaired) electrons. The zero-order valence-corrected chi connectivity index (χ0v) is 12.1. The van der Waals surface area contributed by atoms with Crippen molar-refractivity contribution in [2.24, 2.45) is 5.92 Å². The van der Waals surface area contributed by atoms with E-state index in [9.17, 15) is 13.2 Å². The van der Waals surface area contributed by atoms with Gasteiger partial charge in [-0.3, -0.25) is 4.79 Å². The van der Waals surface area contributed by atoms with Crippen molar-refractivity contribution in [1.82, 2.24) is 8.61 Å². The second kappa shape index (κ2) is 6.49. The Morgan fingerprint density at radius 3 is 2.39 bits per heavy atom. The minimum atomic E-state index is -3.44. The Labute approximate surface area is 109 Å². The monoisotopic (exact) mass is 278 g/mol. The van der Waals surface area contributed by atoms with Crippen LogP contribution in [0.2, 0.25) is 0 Å². The van der Waals surface area contributed by atoms with Crippen molar-refractivity contribution in [3.63, 3.8) is 0 Å². The summed E-state index contributed by atoms with van der Waals surface area (Å²) in [6.07, 6.45) is 2.88. The van der Waals surface area contributed by atoms with E-state index in [1.165, 1.54) is 22.8 Å². The number of nitrogens with zero attached hydrogens (tertiary/aromatic N) is 2. The van der Waals surface area contributed by atoms with E-state index in [0.717, 1.165) is 19.3 Å². The molecule has 1 aliphatic rings. The number of rotatable bonds is 5. The number of hydrogen-bond donors (Lipinski definition) is 0. The van der Waals surface area contributed by atoms with Crippen LogP contribution in [0.4, 0.5) is 0 Å². The molecule has 18 heavy (non-hydrogen) atoms. The van der Waals surface area contributed by atoms with Gasteiger partial charge in [0.2, 0.25) is 0 Å². The molecular formula is C11H22N2O4S. The summed E-state index contributed by atoms with van der Waals surface area (Å²) in [6, 6.07) is 0. The molecule has 6 nitrogen and oxygen atoms in total. The molecule has 1 unspecified atom stereocenters. The molecule has 1 heterocycles. The first-order valence-corrected chi connectivity index (χ1v) is 7.58. The number of esters is 1. The highest BCUT2D eigenvalue weighted by Gasteiger charge is 2.30. The van der Waals surface area contributed by atoms with E-state index in [-0.39, 0.29) is 6.54 Å². The van der Waals surface area contributed by atoms with Gasteiger partial charge in [0.05, 0.1) is 13.0 Å². The highest BCUT2D eigenvalue weighted by Crippen LogP contribution is 2.16. The van der Waals surface area contributed by atoms with E-state index in [1.54, 1.807) is 6.92 Å². The summed E-state index contributed by atoms with van der Waals surface area (Å²) < 4.78 is 31.8. The summed E-state index contributed by atoms with van der Waals surface area (Å²) in [5.74, 6) is -0.852. The van der Waals surface area contributed by atoms with Gasteiger partial charge in [0.1, 0.15) is 0 Å². The van der Waals surface area contributed by atoms with Crippen LogP contribution in [0.15, 0.2) is 0 Å². The fourth-order valence-corrected chi connectivity index (χ4v) is 3.57. The molecule has 0 bridgehead atoms. The summed E-state index contributed by atoms with van der Waals surface area (Å²) in [5, 5.41) is 0. The Hall–Kier alpha value is -0.660. The van der Waals surface area contributed by atoms with Crippen molar-refractivity contribution >= 4 is 16.2 Å². The van der Waals surface area contributed by atoms with Crippen LogP contribution in [0.3, 0.4) is 0 Å². The fourth-order valence-electron chi connectivity index (χ4n) is 2.05. The Kier molecular flexibility index (Phi) is 5.55. The van der Waals surface area contributed by atoms with E-state index in [4.69, 9.17) is 0 Å². The quantitative estimate of drug-likeness (QED) is 0.685. The van der Waals surface area contributed by atoms with Gasteiger partial charge in [-0.15, -0.1) is 0 Å². The number of piperidine rings is 1. The molecule has 0 aromatic carbocycles. The third-order valence-corrected chi connectivity index (χ3v) is 5.12. The van der Waals surface area contributed by atoms with Crippen LogP contribution in [-0.4, -0.2) is 56.8 Å². The molecule has 106 valence electrons. The van der Waals surface area contributed by atoms with Gasteiger partial charge in [-0.05, 0) is 12.8 Å². The SMILES string of the molecule is COC(=O)C(C)CN(C)S(=O)(=O)N1CCCCC1. The first-order valence-electron chi connectivity index (χ1n) is 6.19. The Balaban J connectivity index is 2.63. The van der Waals surface area contributed by atoms with Crippen LogP contribution in [0, 0.1) is 5.92 Å². The molecule has 0 aromatic heterocycles. The van der Waals surface area contributed by atoms with Gasteiger partial charge in [-0.25, -0.2) is 0 Å². The predicted octanol–water partition coefficient (Wildman–Crippen LogP) is 0.458. The lowest BCUT2D eigenvalue weighted by Gasteiger charge is -2.30. The van der Waals surface area contributed by atoms with E-state index >= 15 is 0 Å². The van der Waals surface area contributed by atoms with Crippen molar-refractivity contribution in [3.05, 3.63) is 0 Å². The molecule has 1 atom stereocenters. The minimum absolute atomic E-state index is 0.144. The van der Waals surface area contributed by atoms with Gasteiger partial charge in [0, 0.05) is 26.7 Å². The molecule has 7 heteroatoms. The lowest BCUT2D eigenvalue weighted by Crippen LogP contribution is -2.46. The first-order chi connectivity index (χ1) is 8.39. The Morgan fingerprint density at radius 1 is 1.33 bits per heavy atom. The van der Waals surface area contributed by atoms with Crippen molar-refractivity contribution in [1.29, 1.82) is 0 Å². The fraction of sp³-hybridized carbons (Fsp3) is 0.909. The largest absolute Gasteiger partial charge is 0.469 e. The molecule has 1 aliphatic heterocycles.